The number of rotatable bonds is 5. The largest absolute Gasteiger partial charge is 0.492 e. The van der Waals surface area contributed by atoms with E-state index >= 15 is 0 Å². The van der Waals surface area contributed by atoms with Crippen molar-refractivity contribution in [1.82, 2.24) is 5.32 Å². The molecule has 1 saturated carbocycles. The third-order valence-corrected chi connectivity index (χ3v) is 3.24. The van der Waals surface area contributed by atoms with Crippen molar-refractivity contribution >= 4 is 29.9 Å². The summed E-state index contributed by atoms with van der Waals surface area (Å²) in [4.78, 5) is 4.13. The minimum atomic E-state index is -0.923. The van der Waals surface area contributed by atoms with Gasteiger partial charge in [0.05, 0.1) is 6.54 Å². The van der Waals surface area contributed by atoms with Gasteiger partial charge >= 0.3 is 0 Å². The molecule has 2 rings (SSSR count). The predicted octanol–water partition coefficient (Wildman–Crippen LogP) is 2.81. The van der Waals surface area contributed by atoms with Crippen molar-refractivity contribution in [3.63, 3.8) is 0 Å². The van der Waals surface area contributed by atoms with E-state index in [1.807, 2.05) is 0 Å². The average molecular weight is 411 g/mol. The van der Waals surface area contributed by atoms with Crippen molar-refractivity contribution in [2.45, 2.75) is 31.7 Å². The van der Waals surface area contributed by atoms with Crippen LogP contribution in [0.25, 0.3) is 0 Å². The van der Waals surface area contributed by atoms with Crippen molar-refractivity contribution in [1.29, 1.82) is 0 Å². The third kappa shape index (κ3) is 6.03. The molecule has 1 fully saturated rings. The molecule has 1 aromatic carbocycles. The van der Waals surface area contributed by atoms with E-state index in [1.165, 1.54) is 18.9 Å². The number of aliphatic imine (C=N–C) groups is 1. The maximum Gasteiger partial charge on any atom is 0.188 e. The smallest absolute Gasteiger partial charge is 0.188 e. The molecule has 7 heteroatoms. The van der Waals surface area contributed by atoms with Crippen LogP contribution in [0.15, 0.2) is 23.2 Å². The molecule has 1 aliphatic carbocycles. The normalized spacial score (nSPS) is 15.6. The van der Waals surface area contributed by atoms with Gasteiger partial charge in [0.2, 0.25) is 0 Å². The van der Waals surface area contributed by atoms with Gasteiger partial charge in [0.15, 0.2) is 17.6 Å². The Kier molecular flexibility index (Phi) is 7.69. The molecule has 1 aromatic rings. The molecule has 0 atom stereocenters. The highest BCUT2D eigenvalue weighted by atomic mass is 127. The maximum absolute atomic E-state index is 12.9. The lowest BCUT2D eigenvalue weighted by Crippen LogP contribution is -2.38. The number of hydrogen-bond acceptors (Lipinski definition) is 2. The Morgan fingerprint density at radius 1 is 1.29 bits per heavy atom. The zero-order valence-electron chi connectivity index (χ0n) is 11.6. The Bertz CT molecular complexity index is 479. The number of nitrogens with two attached hydrogens (primary N) is 1. The SMILES string of the molecule is I.NC(=NCCOc1ccc(F)c(F)c1)NC1CCCC1. The number of benzene rings is 1. The summed E-state index contributed by atoms with van der Waals surface area (Å²) in [5.74, 6) is -1.12. The Morgan fingerprint density at radius 2 is 2.00 bits per heavy atom. The van der Waals surface area contributed by atoms with Gasteiger partial charge in [0.1, 0.15) is 12.4 Å². The molecule has 21 heavy (non-hydrogen) atoms. The summed E-state index contributed by atoms with van der Waals surface area (Å²) in [6.07, 6.45) is 4.71. The van der Waals surface area contributed by atoms with Gasteiger partial charge in [-0.25, -0.2) is 13.8 Å². The molecule has 0 aromatic heterocycles. The van der Waals surface area contributed by atoms with Crippen molar-refractivity contribution < 1.29 is 13.5 Å². The lowest BCUT2D eigenvalue weighted by molar-refractivity contribution is 0.325. The van der Waals surface area contributed by atoms with Crippen LogP contribution in [0.2, 0.25) is 0 Å². The number of nitrogens with one attached hydrogen (secondary N) is 1. The van der Waals surface area contributed by atoms with Crippen LogP contribution in [0.1, 0.15) is 25.7 Å². The van der Waals surface area contributed by atoms with Crippen LogP contribution in [0.3, 0.4) is 0 Å². The highest BCUT2D eigenvalue weighted by molar-refractivity contribution is 14.0. The second kappa shape index (κ2) is 9.01. The van der Waals surface area contributed by atoms with Gasteiger partial charge in [-0.2, -0.15) is 0 Å². The minimum absolute atomic E-state index is 0. The summed E-state index contributed by atoms with van der Waals surface area (Å²) in [5.41, 5.74) is 5.75. The molecule has 0 unspecified atom stereocenters. The Morgan fingerprint density at radius 3 is 2.67 bits per heavy atom. The molecule has 3 N–H and O–H groups in total. The van der Waals surface area contributed by atoms with E-state index in [9.17, 15) is 8.78 Å². The molecule has 0 amide bonds. The molecule has 0 bridgehead atoms. The first kappa shape index (κ1) is 17.9. The third-order valence-electron chi connectivity index (χ3n) is 3.24. The first-order valence-electron chi connectivity index (χ1n) is 6.79. The van der Waals surface area contributed by atoms with Crippen molar-refractivity contribution in [3.05, 3.63) is 29.8 Å². The summed E-state index contributed by atoms with van der Waals surface area (Å²) in [6.45, 7) is 0.628. The molecule has 1 aliphatic rings. The van der Waals surface area contributed by atoms with E-state index in [4.69, 9.17) is 10.5 Å². The molecule has 4 nitrogen and oxygen atoms in total. The summed E-state index contributed by atoms with van der Waals surface area (Å²) in [7, 11) is 0. The van der Waals surface area contributed by atoms with Crippen molar-refractivity contribution in [2.24, 2.45) is 10.7 Å². The lowest BCUT2D eigenvalue weighted by atomic mass is 10.2. The van der Waals surface area contributed by atoms with Crippen molar-refractivity contribution in [3.8, 4) is 5.75 Å². The molecule has 0 radical (unpaired) electrons. The first-order valence-corrected chi connectivity index (χ1v) is 6.79. The van der Waals surface area contributed by atoms with Gasteiger partial charge in [-0.1, -0.05) is 12.8 Å². The topological polar surface area (TPSA) is 59.6 Å². The van der Waals surface area contributed by atoms with Gasteiger partial charge in [-0.15, -0.1) is 24.0 Å². The van der Waals surface area contributed by atoms with Crippen LogP contribution in [-0.4, -0.2) is 25.2 Å². The van der Waals surface area contributed by atoms with Crippen LogP contribution < -0.4 is 15.8 Å². The minimum Gasteiger partial charge on any atom is -0.492 e. The second-order valence-electron chi connectivity index (χ2n) is 4.82. The summed E-state index contributed by atoms with van der Waals surface area (Å²) < 4.78 is 30.9. The lowest BCUT2D eigenvalue weighted by Gasteiger charge is -2.12. The number of hydrogen-bond donors (Lipinski definition) is 2. The molecule has 0 saturated heterocycles. The van der Waals surface area contributed by atoms with Crippen LogP contribution >= 0.6 is 24.0 Å². The fourth-order valence-corrected chi connectivity index (χ4v) is 2.22. The molecule has 118 valence electrons. The molecular formula is C14H20F2IN3O. The Balaban J connectivity index is 0.00000220. The molecule has 0 aliphatic heterocycles. The molecular weight excluding hydrogens is 391 g/mol. The second-order valence-corrected chi connectivity index (χ2v) is 4.82. The first-order chi connectivity index (χ1) is 9.65. The molecule has 0 spiro atoms. The van der Waals surface area contributed by atoms with E-state index in [0.29, 0.717) is 18.5 Å². The summed E-state index contributed by atoms with van der Waals surface area (Å²) >= 11 is 0. The van der Waals surface area contributed by atoms with E-state index in [-0.39, 0.29) is 36.3 Å². The van der Waals surface area contributed by atoms with Gasteiger partial charge in [-0.3, -0.25) is 0 Å². The highest BCUT2D eigenvalue weighted by Gasteiger charge is 2.14. The van der Waals surface area contributed by atoms with E-state index in [0.717, 1.165) is 25.0 Å². The van der Waals surface area contributed by atoms with Gasteiger partial charge in [-0.05, 0) is 25.0 Å². The number of ether oxygens (including phenoxy) is 1. The zero-order valence-corrected chi connectivity index (χ0v) is 14.0. The van der Waals surface area contributed by atoms with E-state index in [1.54, 1.807) is 0 Å². The summed E-state index contributed by atoms with van der Waals surface area (Å²) in [6, 6.07) is 3.84. The van der Waals surface area contributed by atoms with Gasteiger partial charge in [0, 0.05) is 12.1 Å². The van der Waals surface area contributed by atoms with Gasteiger partial charge < -0.3 is 15.8 Å². The molecule has 0 heterocycles. The highest BCUT2D eigenvalue weighted by Crippen LogP contribution is 2.17. The number of halogens is 3. The fourth-order valence-electron chi connectivity index (χ4n) is 2.22. The Labute approximate surface area is 140 Å². The summed E-state index contributed by atoms with van der Waals surface area (Å²) in [5, 5.41) is 3.16. The van der Waals surface area contributed by atoms with Crippen LogP contribution in [0.4, 0.5) is 8.78 Å². The fraction of sp³-hybridized carbons (Fsp3) is 0.500. The number of guanidine groups is 1. The monoisotopic (exact) mass is 411 g/mol. The van der Waals surface area contributed by atoms with Crippen LogP contribution in [0.5, 0.6) is 5.75 Å². The van der Waals surface area contributed by atoms with Crippen LogP contribution in [-0.2, 0) is 0 Å². The maximum atomic E-state index is 12.9. The van der Waals surface area contributed by atoms with E-state index < -0.39 is 11.6 Å². The van der Waals surface area contributed by atoms with E-state index in [2.05, 4.69) is 10.3 Å². The van der Waals surface area contributed by atoms with Gasteiger partial charge in [0.25, 0.3) is 0 Å². The predicted molar refractivity (Wildman–Crippen MR) is 89.1 cm³/mol. The van der Waals surface area contributed by atoms with Crippen LogP contribution in [0, 0.1) is 11.6 Å². The number of nitrogens with zero attached hydrogens (tertiary/aromatic N) is 1. The average Bonchev–Trinajstić information content (AvgIpc) is 2.91. The van der Waals surface area contributed by atoms with Crippen molar-refractivity contribution in [2.75, 3.05) is 13.2 Å². The Hall–Kier alpha value is -1.12. The quantitative estimate of drug-likeness (QED) is 0.339. The zero-order chi connectivity index (χ0) is 14.4. The standard InChI is InChI=1S/C14H19F2N3O.HI/c15-12-6-5-11(9-13(12)16)20-8-7-18-14(17)19-10-3-1-2-4-10;/h5-6,9-10H,1-4,7-8H2,(H3,17,18,19);1H.